The number of aromatic hydroxyl groups is 1. The van der Waals surface area contributed by atoms with Crippen molar-refractivity contribution >= 4 is 17.5 Å². The van der Waals surface area contributed by atoms with E-state index in [2.05, 4.69) is 46.9 Å². The monoisotopic (exact) mass is 534 g/mol. The van der Waals surface area contributed by atoms with Crippen molar-refractivity contribution in [2.45, 2.75) is 130 Å². The molecule has 39 heavy (non-hydrogen) atoms. The lowest BCUT2D eigenvalue weighted by Crippen LogP contribution is -2.60. The molecule has 2 aromatic rings. The Kier molecular flexibility index (Phi) is 9.24. The lowest BCUT2D eigenvalue weighted by molar-refractivity contribution is -0.130. The van der Waals surface area contributed by atoms with Crippen molar-refractivity contribution in [1.82, 2.24) is 5.32 Å². The standard InChI is InChI=1S/C34H50N2O3/c1-10-34(9,31(39)35-25-13-11-12-14-25)36(26-18-15-23(2)16-19-26)29(37)20-17-24-21-27(32(3,4)5)30(38)28(22-24)33(6,7)8/h15-16,18-19,21-22,25,38H,10-14,17,20H2,1-9H3,(H,35,39)/t34-/m1/s1. The highest BCUT2D eigenvalue weighted by Gasteiger charge is 2.42. The number of phenols is 1. The molecule has 0 unspecified atom stereocenters. The lowest BCUT2D eigenvalue weighted by atomic mass is 9.78. The van der Waals surface area contributed by atoms with Gasteiger partial charge in [-0.15, -0.1) is 0 Å². The molecule has 0 aliphatic heterocycles. The average molecular weight is 535 g/mol. The van der Waals surface area contributed by atoms with E-state index in [0.29, 0.717) is 18.6 Å². The average Bonchev–Trinajstić information content (AvgIpc) is 3.36. The zero-order valence-electron chi connectivity index (χ0n) is 25.7. The summed E-state index contributed by atoms with van der Waals surface area (Å²) in [6.07, 6.45) is 5.55. The number of benzene rings is 2. The van der Waals surface area contributed by atoms with Crippen LogP contribution in [0.2, 0.25) is 0 Å². The van der Waals surface area contributed by atoms with Crippen LogP contribution in [0.25, 0.3) is 0 Å². The molecule has 2 amide bonds. The molecule has 5 heteroatoms. The van der Waals surface area contributed by atoms with Crippen molar-refractivity contribution in [2.24, 2.45) is 0 Å². The molecule has 0 spiro atoms. The van der Waals surface area contributed by atoms with Gasteiger partial charge < -0.3 is 10.4 Å². The molecule has 0 radical (unpaired) electrons. The van der Waals surface area contributed by atoms with Crippen molar-refractivity contribution in [2.75, 3.05) is 4.90 Å². The Bertz CT molecular complexity index is 1130. The SMILES string of the molecule is CC[C@](C)(C(=O)NC1CCCC1)N(C(=O)CCc1cc(C(C)(C)C)c(O)c(C(C)(C)C)c1)c1ccc(C)cc1. The van der Waals surface area contributed by atoms with Crippen LogP contribution in [0.1, 0.15) is 116 Å². The number of carbonyl (C=O) groups excluding carboxylic acids is 2. The zero-order chi connectivity index (χ0) is 29.2. The molecule has 1 aliphatic carbocycles. The van der Waals surface area contributed by atoms with Crippen LogP contribution in [-0.2, 0) is 26.8 Å². The molecule has 214 valence electrons. The van der Waals surface area contributed by atoms with Crippen LogP contribution in [0.4, 0.5) is 5.69 Å². The van der Waals surface area contributed by atoms with Gasteiger partial charge in [0, 0.05) is 18.2 Å². The Morgan fingerprint density at radius 1 is 0.923 bits per heavy atom. The number of carbonyl (C=O) groups is 2. The van der Waals surface area contributed by atoms with Gasteiger partial charge in [-0.2, -0.15) is 0 Å². The van der Waals surface area contributed by atoms with Crippen LogP contribution in [-0.4, -0.2) is 28.5 Å². The maximum Gasteiger partial charge on any atom is 0.246 e. The van der Waals surface area contributed by atoms with Gasteiger partial charge >= 0.3 is 0 Å². The van der Waals surface area contributed by atoms with E-state index in [1.807, 2.05) is 57.2 Å². The predicted octanol–water partition coefficient (Wildman–Crippen LogP) is 7.49. The largest absolute Gasteiger partial charge is 0.507 e. The first-order valence-corrected chi connectivity index (χ1v) is 14.7. The summed E-state index contributed by atoms with van der Waals surface area (Å²) in [5, 5.41) is 14.4. The van der Waals surface area contributed by atoms with E-state index in [0.717, 1.165) is 53.6 Å². The second-order valence-electron chi connectivity index (χ2n) is 13.7. The van der Waals surface area contributed by atoms with E-state index in [4.69, 9.17) is 0 Å². The first-order chi connectivity index (χ1) is 18.1. The predicted molar refractivity (Wildman–Crippen MR) is 162 cm³/mol. The van der Waals surface area contributed by atoms with Crippen molar-refractivity contribution in [1.29, 1.82) is 0 Å². The van der Waals surface area contributed by atoms with Crippen LogP contribution in [0.3, 0.4) is 0 Å². The Morgan fingerprint density at radius 2 is 1.44 bits per heavy atom. The number of nitrogens with one attached hydrogen (secondary N) is 1. The lowest BCUT2D eigenvalue weighted by Gasteiger charge is -2.40. The van der Waals surface area contributed by atoms with E-state index in [1.165, 1.54) is 0 Å². The summed E-state index contributed by atoms with van der Waals surface area (Å²) in [6, 6.07) is 12.1. The number of hydrogen-bond acceptors (Lipinski definition) is 3. The van der Waals surface area contributed by atoms with Gasteiger partial charge in [0.05, 0.1) is 0 Å². The molecule has 0 aromatic heterocycles. The quantitative estimate of drug-likeness (QED) is 0.369. The number of rotatable bonds is 8. The summed E-state index contributed by atoms with van der Waals surface area (Å²) in [4.78, 5) is 29.5. The number of nitrogens with zero attached hydrogens (tertiary/aromatic N) is 1. The number of phenolic OH excluding ortho intramolecular Hbond substituents is 1. The molecule has 3 rings (SSSR count). The highest BCUT2D eigenvalue weighted by Crippen LogP contribution is 2.40. The maximum atomic E-state index is 14.1. The van der Waals surface area contributed by atoms with E-state index in [9.17, 15) is 14.7 Å². The fourth-order valence-electron chi connectivity index (χ4n) is 5.57. The van der Waals surface area contributed by atoms with Crippen LogP contribution >= 0.6 is 0 Å². The third-order valence-electron chi connectivity index (χ3n) is 8.32. The molecule has 2 aromatic carbocycles. The maximum absolute atomic E-state index is 14.1. The molecule has 0 heterocycles. The highest BCUT2D eigenvalue weighted by atomic mass is 16.3. The Balaban J connectivity index is 1.97. The molecule has 1 fully saturated rings. The molecule has 0 bridgehead atoms. The summed E-state index contributed by atoms with van der Waals surface area (Å²) in [5.74, 6) is 0.182. The van der Waals surface area contributed by atoms with Gasteiger partial charge in [0.2, 0.25) is 11.8 Å². The van der Waals surface area contributed by atoms with Crippen LogP contribution in [0.5, 0.6) is 5.75 Å². The van der Waals surface area contributed by atoms with Crippen LogP contribution in [0.15, 0.2) is 36.4 Å². The number of hydrogen-bond donors (Lipinski definition) is 2. The summed E-state index contributed by atoms with van der Waals surface area (Å²) < 4.78 is 0. The summed E-state index contributed by atoms with van der Waals surface area (Å²) >= 11 is 0. The van der Waals surface area contributed by atoms with Gasteiger partial charge in [-0.05, 0) is 79.2 Å². The molecule has 1 atom stereocenters. The summed E-state index contributed by atoms with van der Waals surface area (Å²) in [6.45, 7) is 18.5. The Hall–Kier alpha value is -2.82. The van der Waals surface area contributed by atoms with Crippen molar-refractivity contribution in [3.05, 3.63) is 58.7 Å². The van der Waals surface area contributed by atoms with Gasteiger partial charge in [0.15, 0.2) is 0 Å². The third kappa shape index (κ3) is 7.04. The fourth-order valence-corrected chi connectivity index (χ4v) is 5.57. The van der Waals surface area contributed by atoms with Crippen molar-refractivity contribution in [3.63, 3.8) is 0 Å². The summed E-state index contributed by atoms with van der Waals surface area (Å²) in [5.41, 5.74) is 3.17. The minimum absolute atomic E-state index is 0.0764. The normalized spacial score (nSPS) is 16.1. The zero-order valence-corrected chi connectivity index (χ0v) is 25.7. The molecule has 2 N–H and O–H groups in total. The number of anilines is 1. The molecular formula is C34H50N2O3. The van der Waals surface area contributed by atoms with Crippen LogP contribution < -0.4 is 10.2 Å². The van der Waals surface area contributed by atoms with Crippen molar-refractivity contribution in [3.8, 4) is 5.75 Å². The Morgan fingerprint density at radius 3 is 1.90 bits per heavy atom. The summed E-state index contributed by atoms with van der Waals surface area (Å²) in [7, 11) is 0. The van der Waals surface area contributed by atoms with Crippen LogP contribution in [0, 0.1) is 6.92 Å². The first kappa shape index (κ1) is 30.7. The molecule has 5 nitrogen and oxygen atoms in total. The molecule has 0 saturated heterocycles. The van der Waals surface area contributed by atoms with Gasteiger partial charge in [-0.1, -0.05) is 91.1 Å². The van der Waals surface area contributed by atoms with Gasteiger partial charge in [0.1, 0.15) is 11.3 Å². The second kappa shape index (κ2) is 11.7. The van der Waals surface area contributed by atoms with E-state index in [-0.39, 0.29) is 35.1 Å². The molecule has 1 aliphatic rings. The van der Waals surface area contributed by atoms with Crippen molar-refractivity contribution < 1.29 is 14.7 Å². The Labute approximate surface area is 236 Å². The minimum atomic E-state index is -1.00. The third-order valence-corrected chi connectivity index (χ3v) is 8.32. The minimum Gasteiger partial charge on any atom is -0.507 e. The highest BCUT2D eigenvalue weighted by molar-refractivity contribution is 6.03. The second-order valence-corrected chi connectivity index (χ2v) is 13.7. The first-order valence-electron chi connectivity index (χ1n) is 14.7. The molecule has 1 saturated carbocycles. The van der Waals surface area contributed by atoms with E-state index >= 15 is 0 Å². The topological polar surface area (TPSA) is 69.6 Å². The van der Waals surface area contributed by atoms with Gasteiger partial charge in [0.25, 0.3) is 0 Å². The number of aryl methyl sites for hydroxylation is 2. The van der Waals surface area contributed by atoms with E-state index < -0.39 is 5.54 Å². The number of amides is 2. The smallest absolute Gasteiger partial charge is 0.246 e. The van der Waals surface area contributed by atoms with Gasteiger partial charge in [-0.3, -0.25) is 14.5 Å². The van der Waals surface area contributed by atoms with E-state index in [1.54, 1.807) is 4.90 Å². The fraction of sp³-hybridized carbons (Fsp3) is 0.588. The van der Waals surface area contributed by atoms with Gasteiger partial charge in [-0.25, -0.2) is 0 Å². The molecular weight excluding hydrogens is 484 g/mol.